The topological polar surface area (TPSA) is 102 Å². The Morgan fingerprint density at radius 2 is 2.08 bits per heavy atom. The number of hydrogen-bond acceptors (Lipinski definition) is 7. The first-order valence-corrected chi connectivity index (χ1v) is 8.34. The van der Waals surface area contributed by atoms with Crippen molar-refractivity contribution in [3.05, 3.63) is 30.9 Å². The second kappa shape index (κ2) is 7.39. The number of fused-ring (bicyclic) bond motifs is 1. The number of hydrogen-bond donors (Lipinski definition) is 2. The number of amides is 1. The lowest BCUT2D eigenvalue weighted by Gasteiger charge is -2.14. The van der Waals surface area contributed by atoms with Crippen molar-refractivity contribution in [3.8, 4) is 11.5 Å². The van der Waals surface area contributed by atoms with Crippen molar-refractivity contribution in [1.29, 1.82) is 0 Å². The zero-order valence-electron chi connectivity index (χ0n) is 13.9. The van der Waals surface area contributed by atoms with Gasteiger partial charge in [0.25, 0.3) is 0 Å². The lowest BCUT2D eigenvalue weighted by molar-refractivity contribution is -0.115. The van der Waals surface area contributed by atoms with Crippen LogP contribution >= 0.6 is 11.8 Å². The summed E-state index contributed by atoms with van der Waals surface area (Å²) < 4.78 is 10.5. The monoisotopic (exact) mass is 359 g/mol. The van der Waals surface area contributed by atoms with Crippen LogP contribution in [0.5, 0.6) is 11.5 Å². The van der Waals surface area contributed by atoms with E-state index in [-0.39, 0.29) is 11.2 Å². The highest BCUT2D eigenvalue weighted by Crippen LogP contribution is 2.31. The largest absolute Gasteiger partial charge is 0.497 e. The van der Waals surface area contributed by atoms with Crippen LogP contribution < -0.4 is 14.8 Å². The molecule has 0 radical (unpaired) electrons. The van der Waals surface area contributed by atoms with Gasteiger partial charge in [-0.15, -0.1) is 0 Å². The lowest BCUT2D eigenvalue weighted by Crippen LogP contribution is -2.22. The summed E-state index contributed by atoms with van der Waals surface area (Å²) in [6.45, 7) is 1.81. The average molecular weight is 359 g/mol. The van der Waals surface area contributed by atoms with Gasteiger partial charge in [-0.05, 0) is 19.1 Å². The van der Waals surface area contributed by atoms with Gasteiger partial charge in [0, 0.05) is 6.07 Å². The first-order valence-electron chi connectivity index (χ1n) is 7.46. The van der Waals surface area contributed by atoms with Crippen molar-refractivity contribution >= 4 is 34.5 Å². The lowest BCUT2D eigenvalue weighted by atomic mass is 10.2. The molecule has 0 aliphatic heterocycles. The maximum absolute atomic E-state index is 12.5. The fourth-order valence-electron chi connectivity index (χ4n) is 2.19. The van der Waals surface area contributed by atoms with E-state index in [2.05, 4.69) is 25.3 Å². The fourth-order valence-corrected chi connectivity index (χ4v) is 3.07. The second-order valence-corrected chi connectivity index (χ2v) is 6.43. The summed E-state index contributed by atoms with van der Waals surface area (Å²) in [5.74, 6) is 1.02. The predicted octanol–water partition coefficient (Wildman–Crippen LogP) is 2.49. The smallest absolute Gasteiger partial charge is 0.237 e. The molecule has 1 unspecified atom stereocenters. The van der Waals surface area contributed by atoms with Crippen molar-refractivity contribution in [2.45, 2.75) is 17.2 Å². The van der Waals surface area contributed by atoms with E-state index in [1.807, 2.05) is 0 Å². The Morgan fingerprint density at radius 3 is 2.84 bits per heavy atom. The molecule has 3 rings (SSSR count). The summed E-state index contributed by atoms with van der Waals surface area (Å²) >= 11 is 1.33. The van der Waals surface area contributed by atoms with Crippen molar-refractivity contribution < 1.29 is 14.3 Å². The Labute approximate surface area is 148 Å². The van der Waals surface area contributed by atoms with Crippen molar-refractivity contribution in [1.82, 2.24) is 19.9 Å². The third-order valence-corrected chi connectivity index (χ3v) is 4.61. The number of aromatic amines is 1. The van der Waals surface area contributed by atoms with Crippen LogP contribution in [0.4, 0.5) is 5.69 Å². The Morgan fingerprint density at radius 1 is 1.24 bits per heavy atom. The van der Waals surface area contributed by atoms with Gasteiger partial charge in [0.2, 0.25) is 5.91 Å². The number of aromatic nitrogens is 4. The van der Waals surface area contributed by atoms with Crippen molar-refractivity contribution in [2.24, 2.45) is 0 Å². The number of imidazole rings is 1. The highest BCUT2D eigenvalue weighted by atomic mass is 32.2. The zero-order chi connectivity index (χ0) is 17.8. The van der Waals surface area contributed by atoms with Crippen LogP contribution in [-0.4, -0.2) is 45.3 Å². The molecule has 25 heavy (non-hydrogen) atoms. The normalized spacial score (nSPS) is 12.0. The number of thioether (sulfide) groups is 1. The van der Waals surface area contributed by atoms with Gasteiger partial charge in [0.1, 0.15) is 28.4 Å². The molecule has 2 N–H and O–H groups in total. The SMILES string of the molecule is COc1ccc(NC(=O)C(C)Sc2ncnc3nc[nH]c23)c(OC)c1. The summed E-state index contributed by atoms with van der Waals surface area (Å²) in [5, 5.41) is 3.16. The van der Waals surface area contributed by atoms with E-state index < -0.39 is 0 Å². The molecule has 0 aliphatic carbocycles. The Bertz CT molecular complexity index is 898. The van der Waals surface area contributed by atoms with Crippen molar-refractivity contribution in [3.63, 3.8) is 0 Å². The molecule has 9 heteroatoms. The van der Waals surface area contributed by atoms with E-state index in [0.29, 0.717) is 33.4 Å². The first kappa shape index (κ1) is 17.0. The Hall–Kier alpha value is -2.81. The molecule has 0 saturated carbocycles. The summed E-state index contributed by atoms with van der Waals surface area (Å²) in [6, 6.07) is 5.21. The van der Waals surface area contributed by atoms with E-state index in [4.69, 9.17) is 9.47 Å². The number of anilines is 1. The number of benzene rings is 1. The number of nitrogens with one attached hydrogen (secondary N) is 2. The minimum Gasteiger partial charge on any atom is -0.497 e. The van der Waals surface area contributed by atoms with Gasteiger partial charge in [0.15, 0.2) is 5.65 Å². The van der Waals surface area contributed by atoms with Gasteiger partial charge < -0.3 is 19.8 Å². The van der Waals surface area contributed by atoms with Gasteiger partial charge in [-0.1, -0.05) is 11.8 Å². The number of carbonyl (C=O) groups is 1. The average Bonchev–Trinajstić information content (AvgIpc) is 3.11. The van der Waals surface area contributed by atoms with Crippen LogP contribution in [-0.2, 0) is 4.79 Å². The molecule has 0 fully saturated rings. The number of H-pyrrole nitrogens is 1. The fraction of sp³-hybridized carbons (Fsp3) is 0.250. The molecule has 1 aromatic carbocycles. The van der Waals surface area contributed by atoms with E-state index in [1.54, 1.807) is 45.7 Å². The molecule has 8 nitrogen and oxygen atoms in total. The van der Waals surface area contributed by atoms with Gasteiger partial charge in [-0.3, -0.25) is 4.79 Å². The molecule has 2 aromatic heterocycles. The van der Waals surface area contributed by atoms with E-state index in [0.717, 1.165) is 0 Å². The van der Waals surface area contributed by atoms with E-state index in [9.17, 15) is 4.79 Å². The summed E-state index contributed by atoms with van der Waals surface area (Å²) in [7, 11) is 3.11. The predicted molar refractivity (Wildman–Crippen MR) is 95.2 cm³/mol. The van der Waals surface area contributed by atoms with Gasteiger partial charge in [0.05, 0.1) is 31.5 Å². The van der Waals surface area contributed by atoms with Crippen molar-refractivity contribution in [2.75, 3.05) is 19.5 Å². The number of nitrogens with zero attached hydrogens (tertiary/aromatic N) is 3. The number of ether oxygens (including phenoxy) is 2. The molecular weight excluding hydrogens is 342 g/mol. The maximum Gasteiger partial charge on any atom is 0.237 e. The third kappa shape index (κ3) is 3.66. The molecule has 1 atom stereocenters. The quantitative estimate of drug-likeness (QED) is 0.515. The number of carbonyl (C=O) groups excluding carboxylic acids is 1. The Kier molecular flexibility index (Phi) is 5.03. The summed E-state index contributed by atoms with van der Waals surface area (Å²) in [6.07, 6.45) is 2.99. The van der Waals surface area contributed by atoms with Gasteiger partial charge in [-0.2, -0.15) is 0 Å². The van der Waals surface area contributed by atoms with Gasteiger partial charge in [-0.25, -0.2) is 15.0 Å². The minimum atomic E-state index is -0.381. The molecule has 0 spiro atoms. The molecule has 3 aromatic rings. The molecule has 1 amide bonds. The summed E-state index contributed by atoms with van der Waals surface area (Å²) in [5.41, 5.74) is 1.87. The zero-order valence-corrected chi connectivity index (χ0v) is 14.8. The molecule has 130 valence electrons. The van der Waals surface area contributed by atoms with Crippen LogP contribution in [0.15, 0.2) is 35.9 Å². The highest BCUT2D eigenvalue weighted by molar-refractivity contribution is 8.00. The van der Waals surface area contributed by atoms with Crippen LogP contribution in [0.3, 0.4) is 0 Å². The van der Waals surface area contributed by atoms with Crippen LogP contribution in [0, 0.1) is 0 Å². The molecule has 0 bridgehead atoms. The van der Waals surface area contributed by atoms with Gasteiger partial charge >= 0.3 is 0 Å². The molecule has 2 heterocycles. The summed E-state index contributed by atoms with van der Waals surface area (Å²) in [4.78, 5) is 27.9. The molecule has 0 aliphatic rings. The van der Waals surface area contributed by atoms with E-state index >= 15 is 0 Å². The van der Waals surface area contributed by atoms with Crippen LogP contribution in [0.2, 0.25) is 0 Å². The second-order valence-electron chi connectivity index (χ2n) is 5.10. The third-order valence-electron chi connectivity index (χ3n) is 3.51. The van der Waals surface area contributed by atoms with Crippen LogP contribution in [0.1, 0.15) is 6.92 Å². The maximum atomic E-state index is 12.5. The number of methoxy groups -OCH3 is 2. The minimum absolute atomic E-state index is 0.167. The highest BCUT2D eigenvalue weighted by Gasteiger charge is 2.19. The first-order chi connectivity index (χ1) is 12.1. The van der Waals surface area contributed by atoms with E-state index in [1.165, 1.54) is 18.1 Å². The standard InChI is InChI=1S/C16H17N5O3S/c1-9(25-16-13-14(18-7-17-13)19-8-20-16)15(22)21-11-5-4-10(23-2)6-12(11)24-3/h4-9H,1-3H3,(H,21,22)(H,17,18,19,20). The molecular formula is C16H17N5O3S. The Balaban J connectivity index is 1.74. The molecule has 0 saturated heterocycles. The number of rotatable bonds is 6. The van der Waals surface area contributed by atoms with Crippen LogP contribution in [0.25, 0.3) is 11.2 Å².